The van der Waals surface area contributed by atoms with E-state index >= 15 is 0 Å². The van der Waals surface area contributed by atoms with Gasteiger partial charge in [-0.2, -0.15) is 0 Å². The van der Waals surface area contributed by atoms with E-state index < -0.39 is 0 Å². The Morgan fingerprint density at radius 3 is 2.48 bits per heavy atom. The maximum Gasteiger partial charge on any atom is 0.239 e. The Kier molecular flexibility index (Phi) is 5.16. The maximum absolute atomic E-state index is 13.0. The van der Waals surface area contributed by atoms with E-state index in [0.29, 0.717) is 6.04 Å². The highest BCUT2D eigenvalue weighted by molar-refractivity contribution is 5.82. The van der Waals surface area contributed by atoms with Gasteiger partial charge >= 0.3 is 0 Å². The van der Waals surface area contributed by atoms with Crippen LogP contribution < -0.4 is 10.2 Å². The fourth-order valence-electron chi connectivity index (χ4n) is 3.65. The Labute approximate surface area is 137 Å². The standard InChI is InChI=1S/C18H26FN3O/c1-21(18(23)17-4-2-3-11-20-17)15-9-12-22(13-10-15)16-7-5-14(19)6-8-16/h5-8,15,17,20H,2-4,9-13H2,1H3/t17-/m1/s1. The van der Waals surface area contributed by atoms with Gasteiger partial charge in [0.1, 0.15) is 5.82 Å². The minimum atomic E-state index is -0.200. The Bertz CT molecular complexity index is 520. The number of nitrogens with zero attached hydrogens (tertiary/aromatic N) is 2. The van der Waals surface area contributed by atoms with Crippen LogP contribution in [-0.4, -0.2) is 49.6 Å². The molecule has 5 heteroatoms. The monoisotopic (exact) mass is 319 g/mol. The van der Waals surface area contributed by atoms with Crippen LogP contribution in [0.25, 0.3) is 0 Å². The highest BCUT2D eigenvalue weighted by Crippen LogP contribution is 2.23. The Balaban J connectivity index is 1.53. The van der Waals surface area contributed by atoms with Gasteiger partial charge in [-0.05, 0) is 56.5 Å². The number of hydrogen-bond acceptors (Lipinski definition) is 3. The summed E-state index contributed by atoms with van der Waals surface area (Å²) in [5.74, 6) is 0.0406. The molecule has 0 aliphatic carbocycles. The molecule has 0 bridgehead atoms. The van der Waals surface area contributed by atoms with Crippen molar-refractivity contribution in [2.24, 2.45) is 0 Å². The molecule has 0 aromatic heterocycles. The third-order valence-electron chi connectivity index (χ3n) is 5.16. The predicted molar refractivity (Wildman–Crippen MR) is 90.0 cm³/mol. The minimum Gasteiger partial charge on any atom is -0.371 e. The molecule has 126 valence electrons. The van der Waals surface area contributed by atoms with E-state index in [4.69, 9.17) is 0 Å². The van der Waals surface area contributed by atoms with Crippen LogP contribution in [-0.2, 0) is 4.79 Å². The molecule has 0 spiro atoms. The molecular weight excluding hydrogens is 293 g/mol. The Hall–Kier alpha value is -1.62. The predicted octanol–water partition coefficient (Wildman–Crippen LogP) is 2.39. The first kappa shape index (κ1) is 16.2. The number of carbonyl (C=O) groups is 1. The fraction of sp³-hybridized carbons (Fsp3) is 0.611. The lowest BCUT2D eigenvalue weighted by molar-refractivity contribution is -0.135. The van der Waals surface area contributed by atoms with Crippen LogP contribution in [0.4, 0.5) is 10.1 Å². The zero-order valence-electron chi connectivity index (χ0n) is 13.8. The summed E-state index contributed by atoms with van der Waals surface area (Å²) in [5, 5.41) is 3.34. The Morgan fingerprint density at radius 2 is 1.87 bits per heavy atom. The zero-order valence-corrected chi connectivity index (χ0v) is 13.8. The van der Waals surface area contributed by atoms with E-state index in [-0.39, 0.29) is 17.8 Å². The summed E-state index contributed by atoms with van der Waals surface area (Å²) >= 11 is 0. The van der Waals surface area contributed by atoms with Gasteiger partial charge < -0.3 is 15.1 Å². The van der Waals surface area contributed by atoms with Gasteiger partial charge in [0.25, 0.3) is 0 Å². The normalized spacial score (nSPS) is 22.9. The summed E-state index contributed by atoms with van der Waals surface area (Å²) < 4.78 is 13.0. The molecule has 1 aromatic carbocycles. The van der Waals surface area contributed by atoms with Gasteiger partial charge in [-0.15, -0.1) is 0 Å². The van der Waals surface area contributed by atoms with Crippen molar-refractivity contribution >= 4 is 11.6 Å². The molecule has 2 aliphatic heterocycles. The van der Waals surface area contributed by atoms with Gasteiger partial charge in [-0.25, -0.2) is 4.39 Å². The summed E-state index contributed by atoms with van der Waals surface area (Å²) in [6.07, 6.45) is 5.19. The minimum absolute atomic E-state index is 0.00359. The van der Waals surface area contributed by atoms with Gasteiger partial charge in [0.2, 0.25) is 5.91 Å². The molecule has 0 unspecified atom stereocenters. The van der Waals surface area contributed by atoms with Crippen molar-refractivity contribution in [3.8, 4) is 0 Å². The quantitative estimate of drug-likeness (QED) is 0.929. The molecule has 1 atom stereocenters. The third kappa shape index (κ3) is 3.83. The zero-order chi connectivity index (χ0) is 16.2. The molecule has 0 radical (unpaired) electrons. The van der Waals surface area contributed by atoms with Crippen LogP contribution in [0.15, 0.2) is 24.3 Å². The van der Waals surface area contributed by atoms with Gasteiger partial charge in [0.15, 0.2) is 0 Å². The second-order valence-corrected chi connectivity index (χ2v) is 6.65. The van der Waals surface area contributed by atoms with Crippen LogP contribution >= 0.6 is 0 Å². The second-order valence-electron chi connectivity index (χ2n) is 6.65. The largest absolute Gasteiger partial charge is 0.371 e. The number of piperidine rings is 2. The maximum atomic E-state index is 13.0. The number of anilines is 1. The number of halogens is 1. The first-order chi connectivity index (χ1) is 11.1. The van der Waals surface area contributed by atoms with Crippen molar-refractivity contribution < 1.29 is 9.18 Å². The van der Waals surface area contributed by atoms with Crippen LogP contribution in [0.5, 0.6) is 0 Å². The van der Waals surface area contributed by atoms with Gasteiger partial charge in [-0.1, -0.05) is 6.42 Å². The molecule has 2 fully saturated rings. The summed E-state index contributed by atoms with van der Waals surface area (Å²) in [4.78, 5) is 16.8. The molecule has 23 heavy (non-hydrogen) atoms. The number of nitrogens with one attached hydrogen (secondary N) is 1. The fourth-order valence-corrected chi connectivity index (χ4v) is 3.65. The number of amides is 1. The van der Waals surface area contributed by atoms with Crippen molar-refractivity contribution in [3.63, 3.8) is 0 Å². The number of carbonyl (C=O) groups excluding carboxylic acids is 1. The molecule has 2 saturated heterocycles. The van der Waals surface area contributed by atoms with Crippen molar-refractivity contribution in [2.45, 2.75) is 44.2 Å². The lowest BCUT2D eigenvalue weighted by Crippen LogP contribution is -2.52. The second kappa shape index (κ2) is 7.30. The molecule has 1 N–H and O–H groups in total. The summed E-state index contributed by atoms with van der Waals surface area (Å²) in [5.41, 5.74) is 1.06. The van der Waals surface area contributed by atoms with Crippen molar-refractivity contribution in [2.75, 3.05) is 31.6 Å². The first-order valence-corrected chi connectivity index (χ1v) is 8.66. The van der Waals surface area contributed by atoms with Crippen molar-refractivity contribution in [1.29, 1.82) is 0 Å². The molecule has 0 saturated carbocycles. The SMILES string of the molecule is CN(C(=O)[C@H]1CCCCN1)C1CCN(c2ccc(F)cc2)CC1. The number of rotatable bonds is 3. The van der Waals surface area contributed by atoms with Crippen molar-refractivity contribution in [1.82, 2.24) is 10.2 Å². The third-order valence-corrected chi connectivity index (χ3v) is 5.16. The van der Waals surface area contributed by atoms with E-state index in [9.17, 15) is 9.18 Å². The molecule has 3 rings (SSSR count). The molecule has 1 amide bonds. The van der Waals surface area contributed by atoms with E-state index in [1.165, 1.54) is 18.6 Å². The van der Waals surface area contributed by atoms with Crippen molar-refractivity contribution in [3.05, 3.63) is 30.1 Å². The van der Waals surface area contributed by atoms with E-state index in [1.807, 2.05) is 24.1 Å². The summed E-state index contributed by atoms with van der Waals surface area (Å²) in [6, 6.07) is 6.98. The average molecular weight is 319 g/mol. The van der Waals surface area contributed by atoms with Crippen LogP contribution in [0, 0.1) is 5.82 Å². The molecule has 2 aliphatic rings. The average Bonchev–Trinajstić information content (AvgIpc) is 2.62. The first-order valence-electron chi connectivity index (χ1n) is 8.66. The molecule has 4 nitrogen and oxygen atoms in total. The van der Waals surface area contributed by atoms with E-state index in [0.717, 1.165) is 51.0 Å². The lowest BCUT2D eigenvalue weighted by Gasteiger charge is -2.39. The molecular formula is C18H26FN3O. The van der Waals surface area contributed by atoms with Crippen LogP contribution in [0.2, 0.25) is 0 Å². The molecule has 1 aromatic rings. The topological polar surface area (TPSA) is 35.6 Å². The van der Waals surface area contributed by atoms with Gasteiger partial charge in [0.05, 0.1) is 6.04 Å². The van der Waals surface area contributed by atoms with Gasteiger partial charge in [0, 0.05) is 31.9 Å². The summed E-state index contributed by atoms with van der Waals surface area (Å²) in [6.45, 7) is 2.77. The highest BCUT2D eigenvalue weighted by Gasteiger charge is 2.30. The van der Waals surface area contributed by atoms with Gasteiger partial charge in [-0.3, -0.25) is 4.79 Å². The van der Waals surface area contributed by atoms with E-state index in [1.54, 1.807) is 0 Å². The lowest BCUT2D eigenvalue weighted by atomic mass is 9.99. The summed E-state index contributed by atoms with van der Waals surface area (Å²) in [7, 11) is 1.94. The van der Waals surface area contributed by atoms with Crippen LogP contribution in [0.1, 0.15) is 32.1 Å². The number of hydrogen-bond donors (Lipinski definition) is 1. The van der Waals surface area contributed by atoms with E-state index in [2.05, 4.69) is 10.2 Å². The Morgan fingerprint density at radius 1 is 1.17 bits per heavy atom. The smallest absolute Gasteiger partial charge is 0.239 e. The number of likely N-dealkylation sites (N-methyl/N-ethyl adjacent to an activating group) is 1. The number of benzene rings is 1. The highest BCUT2D eigenvalue weighted by atomic mass is 19.1. The molecule has 2 heterocycles. The van der Waals surface area contributed by atoms with Crippen LogP contribution in [0.3, 0.4) is 0 Å².